The molecular weight excluding hydrogens is 178 g/mol. The van der Waals surface area contributed by atoms with E-state index in [1.54, 1.807) is 0 Å². The van der Waals surface area contributed by atoms with Gasteiger partial charge in [0.25, 0.3) is 0 Å². The maximum Gasteiger partial charge on any atom is 0.0132 e. The molecule has 3 atom stereocenters. The van der Waals surface area contributed by atoms with Crippen molar-refractivity contribution in [3.05, 3.63) is 0 Å². The first-order valence-corrected chi connectivity index (χ1v) is 6.86. The van der Waals surface area contributed by atoms with Crippen molar-refractivity contribution in [1.82, 2.24) is 5.32 Å². The topological polar surface area (TPSA) is 12.0 Å². The highest BCUT2D eigenvalue weighted by Gasteiger charge is 2.19. The number of thioether (sulfide) groups is 1. The van der Waals surface area contributed by atoms with Crippen LogP contribution in [0, 0.1) is 5.92 Å². The Morgan fingerprint density at radius 3 is 2.85 bits per heavy atom. The molecule has 0 aromatic rings. The summed E-state index contributed by atoms with van der Waals surface area (Å²) in [6.07, 6.45) is 7.82. The Morgan fingerprint density at radius 2 is 2.23 bits per heavy atom. The minimum atomic E-state index is 0.685. The Balaban J connectivity index is 2.19. The molecule has 0 spiro atoms. The summed E-state index contributed by atoms with van der Waals surface area (Å²) in [6.45, 7) is 4.68. The molecule has 0 saturated heterocycles. The van der Waals surface area contributed by atoms with Crippen LogP contribution in [0.2, 0.25) is 0 Å². The van der Waals surface area contributed by atoms with E-state index in [4.69, 9.17) is 0 Å². The summed E-state index contributed by atoms with van der Waals surface area (Å²) < 4.78 is 0. The lowest BCUT2D eigenvalue weighted by molar-refractivity contribution is 0.290. The molecule has 0 aromatic heterocycles. The van der Waals surface area contributed by atoms with Gasteiger partial charge in [-0.25, -0.2) is 0 Å². The molecule has 13 heavy (non-hydrogen) atoms. The Kier molecular flexibility index (Phi) is 5.18. The minimum Gasteiger partial charge on any atom is -0.311 e. The molecule has 78 valence electrons. The second-order valence-corrected chi connectivity index (χ2v) is 5.40. The van der Waals surface area contributed by atoms with Gasteiger partial charge in [0.15, 0.2) is 0 Å². The van der Waals surface area contributed by atoms with Crippen molar-refractivity contribution in [2.75, 3.05) is 12.0 Å². The van der Waals surface area contributed by atoms with Crippen LogP contribution in [0.3, 0.4) is 0 Å². The standard InChI is InChI=1S/C11H23NS/c1-9-5-4-6-11(7-9)12-10(2)8-13-3/h9-12H,4-8H2,1-3H3. The van der Waals surface area contributed by atoms with Crippen molar-refractivity contribution in [3.8, 4) is 0 Å². The van der Waals surface area contributed by atoms with Crippen molar-refractivity contribution in [2.45, 2.75) is 51.6 Å². The Labute approximate surface area is 87.1 Å². The highest BCUT2D eigenvalue weighted by atomic mass is 32.2. The average Bonchev–Trinajstić information content (AvgIpc) is 2.04. The van der Waals surface area contributed by atoms with Crippen LogP contribution in [0.1, 0.15) is 39.5 Å². The number of rotatable bonds is 4. The maximum atomic E-state index is 3.73. The van der Waals surface area contributed by atoms with Crippen LogP contribution in [-0.2, 0) is 0 Å². The zero-order valence-corrected chi connectivity index (χ0v) is 9.99. The van der Waals surface area contributed by atoms with Crippen molar-refractivity contribution >= 4 is 11.8 Å². The zero-order valence-electron chi connectivity index (χ0n) is 9.18. The molecular formula is C11H23NS. The summed E-state index contributed by atoms with van der Waals surface area (Å²) >= 11 is 1.94. The predicted octanol–water partition coefficient (Wildman–Crippen LogP) is 2.91. The largest absolute Gasteiger partial charge is 0.311 e. The first kappa shape index (κ1) is 11.4. The van der Waals surface area contributed by atoms with Crippen molar-refractivity contribution < 1.29 is 0 Å². The first-order chi connectivity index (χ1) is 6.22. The summed E-state index contributed by atoms with van der Waals surface area (Å²) in [7, 11) is 0. The summed E-state index contributed by atoms with van der Waals surface area (Å²) in [5, 5.41) is 3.73. The fourth-order valence-electron chi connectivity index (χ4n) is 2.29. The predicted molar refractivity (Wildman–Crippen MR) is 62.4 cm³/mol. The van der Waals surface area contributed by atoms with E-state index < -0.39 is 0 Å². The van der Waals surface area contributed by atoms with E-state index in [0.29, 0.717) is 6.04 Å². The van der Waals surface area contributed by atoms with E-state index >= 15 is 0 Å². The van der Waals surface area contributed by atoms with Gasteiger partial charge in [-0.15, -0.1) is 0 Å². The van der Waals surface area contributed by atoms with Crippen LogP contribution in [0.15, 0.2) is 0 Å². The Morgan fingerprint density at radius 1 is 1.46 bits per heavy atom. The molecule has 0 aliphatic heterocycles. The second kappa shape index (κ2) is 5.92. The normalized spacial score (nSPS) is 31.6. The summed E-state index contributed by atoms with van der Waals surface area (Å²) in [5.41, 5.74) is 0. The minimum absolute atomic E-state index is 0.685. The van der Waals surface area contributed by atoms with Gasteiger partial charge in [-0.1, -0.05) is 19.8 Å². The molecule has 3 unspecified atom stereocenters. The molecule has 1 aliphatic carbocycles. The fourth-order valence-corrected chi connectivity index (χ4v) is 2.88. The highest BCUT2D eigenvalue weighted by Crippen LogP contribution is 2.23. The second-order valence-electron chi connectivity index (χ2n) is 4.49. The van der Waals surface area contributed by atoms with Gasteiger partial charge in [-0.05, 0) is 31.9 Å². The van der Waals surface area contributed by atoms with Crippen LogP contribution in [0.5, 0.6) is 0 Å². The molecule has 0 aromatic carbocycles. The fraction of sp³-hybridized carbons (Fsp3) is 1.00. The van der Waals surface area contributed by atoms with Crippen molar-refractivity contribution in [1.29, 1.82) is 0 Å². The van der Waals surface area contributed by atoms with Gasteiger partial charge in [0.05, 0.1) is 0 Å². The molecule has 0 amide bonds. The SMILES string of the molecule is CSCC(C)NC1CCCC(C)C1. The summed E-state index contributed by atoms with van der Waals surface area (Å²) in [4.78, 5) is 0. The van der Waals surface area contributed by atoms with Crippen LogP contribution in [-0.4, -0.2) is 24.1 Å². The van der Waals surface area contributed by atoms with E-state index in [1.165, 1.54) is 31.4 Å². The lowest BCUT2D eigenvalue weighted by Crippen LogP contribution is -2.40. The highest BCUT2D eigenvalue weighted by molar-refractivity contribution is 7.98. The molecule has 1 N–H and O–H groups in total. The van der Waals surface area contributed by atoms with E-state index in [-0.39, 0.29) is 0 Å². The summed E-state index contributed by atoms with van der Waals surface area (Å²) in [5.74, 6) is 2.18. The Bertz CT molecular complexity index is 138. The third-order valence-electron chi connectivity index (χ3n) is 2.87. The lowest BCUT2D eigenvalue weighted by atomic mass is 9.87. The molecule has 1 fully saturated rings. The van der Waals surface area contributed by atoms with E-state index in [9.17, 15) is 0 Å². The van der Waals surface area contributed by atoms with Gasteiger partial charge in [-0.2, -0.15) is 11.8 Å². The number of hydrogen-bond acceptors (Lipinski definition) is 2. The monoisotopic (exact) mass is 201 g/mol. The van der Waals surface area contributed by atoms with Crippen LogP contribution >= 0.6 is 11.8 Å². The molecule has 2 heteroatoms. The third-order valence-corrected chi connectivity index (χ3v) is 3.71. The smallest absolute Gasteiger partial charge is 0.0132 e. The molecule has 0 radical (unpaired) electrons. The molecule has 1 nitrogen and oxygen atoms in total. The molecule has 1 aliphatic rings. The van der Waals surface area contributed by atoms with Gasteiger partial charge in [0, 0.05) is 17.8 Å². The lowest BCUT2D eigenvalue weighted by Gasteiger charge is -2.30. The first-order valence-electron chi connectivity index (χ1n) is 5.47. The third kappa shape index (κ3) is 4.37. The van der Waals surface area contributed by atoms with Gasteiger partial charge in [0.2, 0.25) is 0 Å². The van der Waals surface area contributed by atoms with Crippen LogP contribution in [0.25, 0.3) is 0 Å². The van der Waals surface area contributed by atoms with Gasteiger partial charge >= 0.3 is 0 Å². The van der Waals surface area contributed by atoms with Crippen LogP contribution < -0.4 is 5.32 Å². The van der Waals surface area contributed by atoms with E-state index in [1.807, 2.05) is 11.8 Å². The van der Waals surface area contributed by atoms with Gasteiger partial charge in [0.1, 0.15) is 0 Å². The number of nitrogens with one attached hydrogen (secondary N) is 1. The zero-order chi connectivity index (χ0) is 9.68. The molecule has 0 heterocycles. The molecule has 0 bridgehead atoms. The van der Waals surface area contributed by atoms with Gasteiger partial charge < -0.3 is 5.32 Å². The average molecular weight is 201 g/mol. The quantitative estimate of drug-likeness (QED) is 0.750. The van der Waals surface area contributed by atoms with Crippen molar-refractivity contribution in [2.24, 2.45) is 5.92 Å². The van der Waals surface area contributed by atoms with Crippen molar-refractivity contribution in [3.63, 3.8) is 0 Å². The molecule has 1 rings (SSSR count). The maximum absolute atomic E-state index is 3.73. The Hall–Kier alpha value is 0.310. The summed E-state index contributed by atoms with van der Waals surface area (Å²) in [6, 6.07) is 1.48. The van der Waals surface area contributed by atoms with E-state index in [2.05, 4.69) is 25.4 Å². The molecule has 1 saturated carbocycles. The number of hydrogen-bond donors (Lipinski definition) is 1. The van der Waals surface area contributed by atoms with E-state index in [0.717, 1.165) is 12.0 Å². The van der Waals surface area contributed by atoms with Gasteiger partial charge in [-0.3, -0.25) is 0 Å². The van der Waals surface area contributed by atoms with Crippen LogP contribution in [0.4, 0.5) is 0 Å².